The lowest BCUT2D eigenvalue weighted by molar-refractivity contribution is 0.0699. The van der Waals surface area contributed by atoms with Gasteiger partial charge in [-0.25, -0.2) is 4.79 Å². The summed E-state index contributed by atoms with van der Waals surface area (Å²) in [6, 6.07) is 11.7. The van der Waals surface area contributed by atoms with Gasteiger partial charge in [0.25, 0.3) is 0 Å². The molecule has 0 saturated heterocycles. The van der Waals surface area contributed by atoms with Gasteiger partial charge in [0.1, 0.15) is 23.8 Å². The minimum Gasteiger partial charge on any atom is -0.489 e. The molecule has 0 atom stereocenters. The van der Waals surface area contributed by atoms with E-state index in [2.05, 4.69) is 10.1 Å². The number of ether oxygens (including phenoxy) is 1. The molecule has 9 heteroatoms. The summed E-state index contributed by atoms with van der Waals surface area (Å²) < 4.78 is 13.7. The Morgan fingerprint density at radius 3 is 2.53 bits per heavy atom. The molecule has 2 aromatic carbocycles. The lowest BCUT2D eigenvalue weighted by Crippen LogP contribution is -2.02. The zero-order valence-electron chi connectivity index (χ0n) is 21.3. The van der Waals surface area contributed by atoms with E-state index in [0.717, 1.165) is 27.8 Å². The fourth-order valence-electron chi connectivity index (χ4n) is 4.68. The first-order valence-corrected chi connectivity index (χ1v) is 12.7. The van der Waals surface area contributed by atoms with E-state index < -0.39 is 5.97 Å². The molecule has 0 amide bonds. The molecule has 38 heavy (non-hydrogen) atoms. The summed E-state index contributed by atoms with van der Waals surface area (Å²) in [6.07, 6.45) is 4.68. The van der Waals surface area contributed by atoms with Crippen molar-refractivity contribution in [3.05, 3.63) is 87.5 Å². The second kappa shape index (κ2) is 10.2. The number of aromatic nitrogens is 3. The van der Waals surface area contributed by atoms with Crippen LogP contribution in [-0.4, -0.2) is 25.8 Å². The fraction of sp³-hybridized carbons (Fsp3) is 0.207. The van der Waals surface area contributed by atoms with Crippen LogP contribution < -0.4 is 4.74 Å². The van der Waals surface area contributed by atoms with Crippen LogP contribution in [0.1, 0.15) is 47.0 Å². The Morgan fingerprint density at radius 1 is 1.13 bits per heavy atom. The van der Waals surface area contributed by atoms with Crippen LogP contribution in [0.2, 0.25) is 10.0 Å². The highest BCUT2D eigenvalue weighted by atomic mass is 35.5. The summed E-state index contributed by atoms with van der Waals surface area (Å²) in [4.78, 5) is 15.6. The van der Waals surface area contributed by atoms with Crippen molar-refractivity contribution in [1.82, 2.24) is 14.7 Å². The molecule has 7 nitrogen and oxygen atoms in total. The smallest absolute Gasteiger partial charge is 0.337 e. The normalized spacial score (nSPS) is 11.4. The van der Waals surface area contributed by atoms with Crippen molar-refractivity contribution in [2.75, 3.05) is 0 Å². The van der Waals surface area contributed by atoms with Crippen molar-refractivity contribution in [3.63, 3.8) is 0 Å². The van der Waals surface area contributed by atoms with Crippen LogP contribution in [0.15, 0.2) is 59.5 Å². The van der Waals surface area contributed by atoms with Gasteiger partial charge in [-0.05, 0) is 41.8 Å². The molecule has 3 heterocycles. The van der Waals surface area contributed by atoms with Crippen LogP contribution in [0.3, 0.4) is 0 Å². The average molecular weight is 550 g/mol. The van der Waals surface area contributed by atoms with Crippen molar-refractivity contribution in [1.29, 1.82) is 0 Å². The van der Waals surface area contributed by atoms with Crippen LogP contribution >= 0.6 is 23.2 Å². The Balaban J connectivity index is 1.44. The summed E-state index contributed by atoms with van der Waals surface area (Å²) in [5.74, 6) is 0.528. The third-order valence-corrected chi connectivity index (χ3v) is 7.12. The van der Waals surface area contributed by atoms with Crippen molar-refractivity contribution >= 4 is 40.1 Å². The standard InChI is InChI=1S/C29H25Cl2N3O4/c1-15(2)28-22(27(33-38-28)26-23(30)11-32-12-24(26)31)14-37-18-6-8-19(16(3)9-18)17-5-7-20-21(29(35)36)13-34(4)25(20)10-17/h5-13,15H,14H2,1-4H3,(H,35,36). The minimum atomic E-state index is -0.939. The number of aromatic carboxylic acids is 1. The van der Waals surface area contributed by atoms with E-state index in [4.69, 9.17) is 32.5 Å². The van der Waals surface area contributed by atoms with E-state index in [-0.39, 0.29) is 18.1 Å². The van der Waals surface area contributed by atoms with E-state index in [0.29, 0.717) is 38.2 Å². The number of pyridine rings is 1. The first-order valence-electron chi connectivity index (χ1n) is 12.0. The summed E-state index contributed by atoms with van der Waals surface area (Å²) in [6.45, 7) is 6.27. The Morgan fingerprint density at radius 2 is 1.87 bits per heavy atom. The predicted octanol–water partition coefficient (Wildman–Crippen LogP) is 7.91. The van der Waals surface area contributed by atoms with Crippen molar-refractivity contribution in [3.8, 4) is 28.1 Å². The van der Waals surface area contributed by atoms with E-state index >= 15 is 0 Å². The number of halogens is 2. The summed E-state index contributed by atoms with van der Waals surface area (Å²) >= 11 is 12.8. The number of rotatable bonds is 7. The lowest BCUT2D eigenvalue weighted by Gasteiger charge is -2.13. The molecular weight excluding hydrogens is 525 g/mol. The topological polar surface area (TPSA) is 90.4 Å². The van der Waals surface area contributed by atoms with Crippen LogP contribution in [0.4, 0.5) is 0 Å². The van der Waals surface area contributed by atoms with Crippen LogP contribution in [0.5, 0.6) is 5.75 Å². The van der Waals surface area contributed by atoms with Gasteiger partial charge in [0.05, 0.1) is 21.2 Å². The van der Waals surface area contributed by atoms with Gasteiger partial charge in [-0.3, -0.25) is 4.98 Å². The molecule has 194 valence electrons. The molecule has 5 aromatic rings. The second-order valence-corrected chi connectivity index (χ2v) is 10.3. The number of aryl methyl sites for hydroxylation is 2. The maximum atomic E-state index is 11.6. The van der Waals surface area contributed by atoms with E-state index in [9.17, 15) is 9.90 Å². The molecule has 0 radical (unpaired) electrons. The average Bonchev–Trinajstić information content (AvgIpc) is 3.44. The summed E-state index contributed by atoms with van der Waals surface area (Å²) in [5.41, 5.74) is 6.06. The van der Waals surface area contributed by atoms with Gasteiger partial charge in [0, 0.05) is 48.0 Å². The van der Waals surface area contributed by atoms with E-state index in [1.165, 1.54) is 12.4 Å². The number of carbonyl (C=O) groups is 1. The molecule has 0 aliphatic heterocycles. The highest BCUT2D eigenvalue weighted by molar-refractivity contribution is 6.38. The van der Waals surface area contributed by atoms with Crippen LogP contribution in [0.25, 0.3) is 33.3 Å². The fourth-order valence-corrected chi connectivity index (χ4v) is 5.22. The number of fused-ring (bicyclic) bond motifs is 1. The highest BCUT2D eigenvalue weighted by Crippen LogP contribution is 2.38. The minimum absolute atomic E-state index is 0.0763. The third-order valence-electron chi connectivity index (χ3n) is 6.55. The Bertz CT molecular complexity index is 1670. The molecule has 0 bridgehead atoms. The molecule has 0 spiro atoms. The first kappa shape index (κ1) is 25.8. The van der Waals surface area contributed by atoms with Gasteiger partial charge in [-0.15, -0.1) is 0 Å². The number of nitrogens with zero attached hydrogens (tertiary/aromatic N) is 3. The maximum absolute atomic E-state index is 11.6. The third kappa shape index (κ3) is 4.64. The van der Waals surface area contributed by atoms with Crippen molar-refractivity contribution in [2.24, 2.45) is 7.05 Å². The lowest BCUT2D eigenvalue weighted by atomic mass is 9.98. The molecule has 3 aromatic heterocycles. The van der Waals surface area contributed by atoms with Crippen molar-refractivity contribution in [2.45, 2.75) is 33.3 Å². The Labute approximate surface area is 229 Å². The first-order chi connectivity index (χ1) is 18.2. The van der Waals surface area contributed by atoms with Gasteiger partial charge < -0.3 is 18.9 Å². The molecule has 0 fully saturated rings. The summed E-state index contributed by atoms with van der Waals surface area (Å²) in [5, 5.41) is 15.2. The number of carboxylic acid groups (broad SMARTS) is 1. The van der Waals surface area contributed by atoms with Crippen LogP contribution in [-0.2, 0) is 13.7 Å². The van der Waals surface area contributed by atoms with E-state index in [1.54, 1.807) is 6.20 Å². The second-order valence-electron chi connectivity index (χ2n) is 9.46. The molecule has 0 saturated carbocycles. The monoisotopic (exact) mass is 549 g/mol. The number of carboxylic acids is 1. The van der Waals surface area contributed by atoms with Gasteiger partial charge in [0.2, 0.25) is 0 Å². The van der Waals surface area contributed by atoms with Crippen molar-refractivity contribution < 1.29 is 19.2 Å². The van der Waals surface area contributed by atoms with Crippen LogP contribution in [0, 0.1) is 6.92 Å². The summed E-state index contributed by atoms with van der Waals surface area (Å²) in [7, 11) is 1.85. The zero-order chi connectivity index (χ0) is 27.1. The van der Waals surface area contributed by atoms with E-state index in [1.807, 2.05) is 68.8 Å². The quantitative estimate of drug-likeness (QED) is 0.222. The number of hydrogen-bond donors (Lipinski definition) is 1. The molecule has 5 rings (SSSR count). The zero-order valence-corrected chi connectivity index (χ0v) is 22.8. The Kier molecular flexibility index (Phi) is 6.90. The predicted molar refractivity (Wildman–Crippen MR) is 148 cm³/mol. The highest BCUT2D eigenvalue weighted by Gasteiger charge is 2.24. The molecule has 0 unspecified atom stereocenters. The van der Waals surface area contributed by atoms with Gasteiger partial charge in [-0.1, -0.05) is 60.4 Å². The van der Waals surface area contributed by atoms with Gasteiger partial charge in [-0.2, -0.15) is 0 Å². The molecule has 0 aliphatic rings. The van der Waals surface area contributed by atoms with Gasteiger partial charge in [0.15, 0.2) is 0 Å². The van der Waals surface area contributed by atoms with Gasteiger partial charge >= 0.3 is 5.97 Å². The maximum Gasteiger partial charge on any atom is 0.337 e. The number of benzene rings is 2. The molecule has 1 N–H and O–H groups in total. The molecular formula is C29H25Cl2N3O4. The molecule has 0 aliphatic carbocycles. The Hall–Kier alpha value is -3.81. The number of hydrogen-bond acceptors (Lipinski definition) is 5. The SMILES string of the molecule is Cc1cc(OCc2c(-c3c(Cl)cncc3Cl)noc2C(C)C)ccc1-c1ccc2c(C(=O)O)cn(C)c2c1. The largest absolute Gasteiger partial charge is 0.489 e.